The summed E-state index contributed by atoms with van der Waals surface area (Å²) in [6, 6.07) is 13.6. The number of halogens is 1. The molecule has 37 heavy (non-hydrogen) atoms. The molecule has 2 saturated heterocycles. The molecule has 10 heteroatoms. The second-order valence-electron chi connectivity index (χ2n) is 9.30. The predicted molar refractivity (Wildman–Crippen MR) is 140 cm³/mol. The molecule has 4 heterocycles. The van der Waals surface area contributed by atoms with E-state index in [-0.39, 0.29) is 30.3 Å². The molecular formula is C27H30FN5O3S. The van der Waals surface area contributed by atoms with Crippen LogP contribution in [0.2, 0.25) is 0 Å². The number of nitrogens with zero attached hydrogens (tertiary/aromatic N) is 5. The van der Waals surface area contributed by atoms with Crippen molar-refractivity contribution in [1.29, 1.82) is 0 Å². The van der Waals surface area contributed by atoms with Gasteiger partial charge in [0.25, 0.3) is 5.91 Å². The van der Waals surface area contributed by atoms with Crippen LogP contribution in [0.3, 0.4) is 0 Å². The zero-order valence-electron chi connectivity index (χ0n) is 20.6. The lowest BCUT2D eigenvalue weighted by atomic mass is 10.1. The Hall–Kier alpha value is -3.37. The van der Waals surface area contributed by atoms with Gasteiger partial charge in [-0.25, -0.2) is 4.39 Å². The number of amides is 2. The van der Waals surface area contributed by atoms with Gasteiger partial charge < -0.3 is 19.4 Å². The van der Waals surface area contributed by atoms with Crippen LogP contribution in [0.25, 0.3) is 11.3 Å². The molecule has 0 aliphatic carbocycles. The van der Waals surface area contributed by atoms with Crippen molar-refractivity contribution >= 4 is 29.0 Å². The molecule has 2 aromatic heterocycles. The fraction of sp³-hybridized carbons (Fsp3) is 0.407. The summed E-state index contributed by atoms with van der Waals surface area (Å²) in [6.45, 7) is 3.72. The molecule has 0 spiro atoms. The molecule has 3 aromatic rings. The maximum absolute atomic E-state index is 13.3. The van der Waals surface area contributed by atoms with Gasteiger partial charge in [0.1, 0.15) is 12.4 Å². The molecule has 0 bridgehead atoms. The Labute approximate surface area is 219 Å². The monoisotopic (exact) mass is 523 g/mol. The van der Waals surface area contributed by atoms with Gasteiger partial charge in [0.2, 0.25) is 5.91 Å². The molecule has 1 aromatic carbocycles. The van der Waals surface area contributed by atoms with Crippen molar-refractivity contribution in [2.45, 2.75) is 25.4 Å². The summed E-state index contributed by atoms with van der Waals surface area (Å²) in [5.74, 6) is 0.283. The number of rotatable bonds is 7. The van der Waals surface area contributed by atoms with Crippen molar-refractivity contribution in [3.63, 3.8) is 0 Å². The first-order valence-electron chi connectivity index (χ1n) is 12.6. The van der Waals surface area contributed by atoms with Gasteiger partial charge in [0.05, 0.1) is 16.7 Å². The summed E-state index contributed by atoms with van der Waals surface area (Å²) in [5, 5.41) is 10.6. The van der Waals surface area contributed by atoms with Gasteiger partial charge in [0, 0.05) is 44.9 Å². The first-order chi connectivity index (χ1) is 18.1. The molecule has 2 aliphatic rings. The van der Waals surface area contributed by atoms with Crippen LogP contribution < -0.4 is 4.90 Å². The van der Waals surface area contributed by atoms with Crippen LogP contribution in [-0.4, -0.2) is 83.8 Å². The van der Waals surface area contributed by atoms with Gasteiger partial charge in [-0.05, 0) is 67.1 Å². The quantitative estimate of drug-likeness (QED) is 0.470. The zero-order chi connectivity index (χ0) is 25.6. The molecule has 2 amide bonds. The van der Waals surface area contributed by atoms with Gasteiger partial charge in [0.15, 0.2) is 5.82 Å². The standard InChI is InChI=1S/C27H30FN5O3S/c28-21-8-6-20(7-9-21)23-10-11-25(30-29-23)31-12-3-13-32(15-14-31)26(34)19-33(18-22-4-1-16-36-22)27(35)24-5-2-17-37-24/h2,5-11,17,22H,1,3-4,12-16,18-19H2. The first kappa shape index (κ1) is 25.3. The van der Waals surface area contributed by atoms with Crippen molar-refractivity contribution in [3.05, 3.63) is 64.6 Å². The lowest BCUT2D eigenvalue weighted by Gasteiger charge is -2.28. The van der Waals surface area contributed by atoms with E-state index >= 15 is 0 Å². The fourth-order valence-corrected chi connectivity index (χ4v) is 5.43. The number of hydrogen-bond donors (Lipinski definition) is 0. The number of carbonyl (C=O) groups excluding carboxylic acids is 2. The Morgan fingerprint density at radius 1 is 1.03 bits per heavy atom. The summed E-state index contributed by atoms with van der Waals surface area (Å²) in [6.07, 6.45) is 2.66. The van der Waals surface area contributed by atoms with Crippen molar-refractivity contribution in [3.8, 4) is 11.3 Å². The molecule has 0 saturated carbocycles. The van der Waals surface area contributed by atoms with Crippen LogP contribution in [0.15, 0.2) is 53.9 Å². The van der Waals surface area contributed by atoms with Crippen LogP contribution in [0.5, 0.6) is 0 Å². The van der Waals surface area contributed by atoms with E-state index < -0.39 is 0 Å². The highest BCUT2D eigenvalue weighted by atomic mass is 32.1. The second kappa shape index (κ2) is 11.8. The highest BCUT2D eigenvalue weighted by molar-refractivity contribution is 7.12. The lowest BCUT2D eigenvalue weighted by Crippen LogP contribution is -2.46. The van der Waals surface area contributed by atoms with Crippen LogP contribution in [0, 0.1) is 5.82 Å². The van der Waals surface area contributed by atoms with Gasteiger partial charge in [-0.1, -0.05) is 6.07 Å². The second-order valence-corrected chi connectivity index (χ2v) is 10.3. The minimum absolute atomic E-state index is 0.0206. The zero-order valence-corrected chi connectivity index (χ0v) is 21.4. The van der Waals surface area contributed by atoms with E-state index in [1.54, 1.807) is 23.1 Å². The highest BCUT2D eigenvalue weighted by Crippen LogP contribution is 2.21. The molecule has 8 nitrogen and oxygen atoms in total. The minimum atomic E-state index is -0.289. The summed E-state index contributed by atoms with van der Waals surface area (Å²) < 4.78 is 19.0. The molecule has 1 unspecified atom stereocenters. The molecule has 5 rings (SSSR count). The summed E-state index contributed by atoms with van der Waals surface area (Å²) in [7, 11) is 0. The smallest absolute Gasteiger partial charge is 0.264 e. The summed E-state index contributed by atoms with van der Waals surface area (Å²) >= 11 is 1.39. The largest absolute Gasteiger partial charge is 0.376 e. The third kappa shape index (κ3) is 6.31. The SMILES string of the molecule is O=C(CN(CC1CCCO1)C(=O)c1cccs1)N1CCCN(c2ccc(-c3ccc(F)cc3)nn2)CC1. The van der Waals surface area contributed by atoms with E-state index in [1.165, 1.54) is 23.5 Å². The van der Waals surface area contributed by atoms with Crippen molar-refractivity contribution in [2.24, 2.45) is 0 Å². The van der Waals surface area contributed by atoms with Crippen molar-refractivity contribution in [2.75, 3.05) is 50.8 Å². The summed E-state index contributed by atoms with van der Waals surface area (Å²) in [5.41, 5.74) is 1.48. The van der Waals surface area contributed by atoms with Crippen molar-refractivity contribution in [1.82, 2.24) is 20.0 Å². The predicted octanol–water partition coefficient (Wildman–Crippen LogP) is 3.70. The van der Waals surface area contributed by atoms with Crippen LogP contribution >= 0.6 is 11.3 Å². The number of ether oxygens (including phenoxy) is 1. The van der Waals surface area contributed by atoms with E-state index in [9.17, 15) is 14.0 Å². The van der Waals surface area contributed by atoms with Gasteiger partial charge in [-0.3, -0.25) is 9.59 Å². The summed E-state index contributed by atoms with van der Waals surface area (Å²) in [4.78, 5) is 32.7. The minimum Gasteiger partial charge on any atom is -0.376 e. The number of thiophene rings is 1. The third-order valence-electron chi connectivity index (χ3n) is 6.76. The van der Waals surface area contributed by atoms with E-state index in [1.807, 2.05) is 28.5 Å². The average molecular weight is 524 g/mol. The van der Waals surface area contributed by atoms with E-state index in [2.05, 4.69) is 15.1 Å². The van der Waals surface area contributed by atoms with Gasteiger partial charge >= 0.3 is 0 Å². The fourth-order valence-electron chi connectivity index (χ4n) is 4.74. The molecule has 0 N–H and O–H groups in total. The lowest BCUT2D eigenvalue weighted by molar-refractivity contribution is -0.132. The third-order valence-corrected chi connectivity index (χ3v) is 7.61. The average Bonchev–Trinajstić information content (AvgIpc) is 3.59. The van der Waals surface area contributed by atoms with Gasteiger partial charge in [-0.2, -0.15) is 0 Å². The first-order valence-corrected chi connectivity index (χ1v) is 13.5. The van der Waals surface area contributed by atoms with E-state index in [0.717, 1.165) is 37.2 Å². The van der Waals surface area contributed by atoms with Crippen LogP contribution in [0.4, 0.5) is 10.2 Å². The maximum Gasteiger partial charge on any atom is 0.264 e. The number of hydrogen-bond acceptors (Lipinski definition) is 7. The number of carbonyl (C=O) groups is 2. The number of benzene rings is 1. The van der Waals surface area contributed by atoms with Crippen LogP contribution in [0.1, 0.15) is 28.9 Å². The Morgan fingerprint density at radius 3 is 2.59 bits per heavy atom. The van der Waals surface area contributed by atoms with Crippen LogP contribution in [-0.2, 0) is 9.53 Å². The molecule has 2 fully saturated rings. The van der Waals surface area contributed by atoms with E-state index in [4.69, 9.17) is 4.74 Å². The Bertz CT molecular complexity index is 1180. The van der Waals surface area contributed by atoms with Crippen molar-refractivity contribution < 1.29 is 18.7 Å². The topological polar surface area (TPSA) is 78.9 Å². The number of anilines is 1. The molecule has 2 aliphatic heterocycles. The highest BCUT2D eigenvalue weighted by Gasteiger charge is 2.28. The normalized spacial score (nSPS) is 18.0. The molecule has 194 valence electrons. The van der Waals surface area contributed by atoms with E-state index in [0.29, 0.717) is 43.4 Å². The molecule has 1 atom stereocenters. The Kier molecular flexibility index (Phi) is 8.05. The Morgan fingerprint density at radius 2 is 1.89 bits per heavy atom. The maximum atomic E-state index is 13.3. The Balaban J connectivity index is 1.20. The molecule has 0 radical (unpaired) electrons. The molecular weight excluding hydrogens is 493 g/mol. The number of aromatic nitrogens is 2. The van der Waals surface area contributed by atoms with Gasteiger partial charge in [-0.15, -0.1) is 21.5 Å².